The second-order valence-electron chi connectivity index (χ2n) is 2.20. The standard InChI is InChI=1S/C8H9N3/c1-11(7-5-9)8-4-2-3-6-10-8/h2-4,6H,7H2,1H3. The molecular formula is C8H9N3. The highest BCUT2D eigenvalue weighted by atomic mass is 15.1. The highest BCUT2D eigenvalue weighted by molar-refractivity contribution is 5.37. The zero-order valence-electron chi connectivity index (χ0n) is 6.36. The maximum atomic E-state index is 8.38. The summed E-state index contributed by atoms with van der Waals surface area (Å²) in [4.78, 5) is 5.86. The lowest BCUT2D eigenvalue weighted by Crippen LogP contribution is -2.17. The van der Waals surface area contributed by atoms with Gasteiger partial charge in [-0.3, -0.25) is 0 Å². The highest BCUT2D eigenvalue weighted by Crippen LogP contribution is 2.04. The van der Waals surface area contributed by atoms with Crippen LogP contribution in [0.1, 0.15) is 0 Å². The van der Waals surface area contributed by atoms with Gasteiger partial charge >= 0.3 is 0 Å². The molecule has 0 radical (unpaired) electrons. The minimum atomic E-state index is 0.372. The Morgan fingerprint density at radius 1 is 1.64 bits per heavy atom. The van der Waals surface area contributed by atoms with Gasteiger partial charge in [0.25, 0.3) is 0 Å². The predicted octanol–water partition coefficient (Wildman–Crippen LogP) is 1.04. The second-order valence-corrected chi connectivity index (χ2v) is 2.20. The molecule has 0 saturated carbocycles. The molecule has 0 bridgehead atoms. The molecule has 0 amide bonds. The van der Waals surface area contributed by atoms with Crippen LogP contribution in [-0.4, -0.2) is 18.6 Å². The van der Waals surface area contributed by atoms with Gasteiger partial charge in [-0.1, -0.05) is 6.07 Å². The first-order chi connectivity index (χ1) is 5.34. The van der Waals surface area contributed by atoms with E-state index in [9.17, 15) is 0 Å². The van der Waals surface area contributed by atoms with E-state index in [1.54, 1.807) is 11.1 Å². The molecule has 1 heterocycles. The minimum absolute atomic E-state index is 0.372. The summed E-state index contributed by atoms with van der Waals surface area (Å²) >= 11 is 0. The van der Waals surface area contributed by atoms with E-state index in [1.807, 2.05) is 25.2 Å². The zero-order valence-corrected chi connectivity index (χ0v) is 6.36. The van der Waals surface area contributed by atoms with Gasteiger partial charge < -0.3 is 4.90 Å². The Morgan fingerprint density at radius 2 is 2.45 bits per heavy atom. The lowest BCUT2D eigenvalue weighted by molar-refractivity contribution is 0.996. The van der Waals surface area contributed by atoms with E-state index in [2.05, 4.69) is 11.1 Å². The van der Waals surface area contributed by atoms with Crippen molar-refractivity contribution in [3.63, 3.8) is 0 Å². The molecule has 0 saturated heterocycles. The summed E-state index contributed by atoms with van der Waals surface area (Å²) in [5.41, 5.74) is 0. The Bertz CT molecular complexity index is 250. The highest BCUT2D eigenvalue weighted by Gasteiger charge is 1.97. The van der Waals surface area contributed by atoms with Crippen LogP contribution < -0.4 is 4.90 Å². The van der Waals surface area contributed by atoms with Crippen molar-refractivity contribution in [2.24, 2.45) is 0 Å². The van der Waals surface area contributed by atoms with Crippen LogP contribution in [0.25, 0.3) is 0 Å². The first-order valence-electron chi connectivity index (χ1n) is 3.33. The Kier molecular flexibility index (Phi) is 2.45. The third-order valence-electron chi connectivity index (χ3n) is 1.35. The summed E-state index contributed by atoms with van der Waals surface area (Å²) < 4.78 is 0. The van der Waals surface area contributed by atoms with Gasteiger partial charge in [-0.2, -0.15) is 5.26 Å². The Hall–Kier alpha value is -1.56. The van der Waals surface area contributed by atoms with Crippen LogP contribution in [0.2, 0.25) is 0 Å². The van der Waals surface area contributed by atoms with Crippen LogP contribution in [0.4, 0.5) is 5.82 Å². The van der Waals surface area contributed by atoms with Crippen molar-refractivity contribution in [3.8, 4) is 6.07 Å². The smallest absolute Gasteiger partial charge is 0.129 e. The Balaban J connectivity index is 2.70. The maximum Gasteiger partial charge on any atom is 0.129 e. The van der Waals surface area contributed by atoms with Crippen molar-refractivity contribution in [2.75, 3.05) is 18.5 Å². The molecular weight excluding hydrogens is 138 g/mol. The number of hydrogen-bond donors (Lipinski definition) is 0. The largest absolute Gasteiger partial charge is 0.346 e. The lowest BCUT2D eigenvalue weighted by atomic mass is 10.4. The number of aromatic nitrogens is 1. The monoisotopic (exact) mass is 147 g/mol. The number of hydrogen-bond acceptors (Lipinski definition) is 3. The van der Waals surface area contributed by atoms with Crippen LogP contribution in [0.3, 0.4) is 0 Å². The molecule has 0 aliphatic carbocycles. The molecule has 3 heteroatoms. The SMILES string of the molecule is CN(CC#N)c1ccccn1. The number of nitriles is 1. The molecule has 0 N–H and O–H groups in total. The van der Waals surface area contributed by atoms with E-state index in [4.69, 9.17) is 5.26 Å². The third-order valence-corrected chi connectivity index (χ3v) is 1.35. The molecule has 0 fully saturated rings. The molecule has 1 aromatic rings. The molecule has 0 atom stereocenters. The van der Waals surface area contributed by atoms with Crippen molar-refractivity contribution < 1.29 is 0 Å². The van der Waals surface area contributed by atoms with Gasteiger partial charge in [-0.15, -0.1) is 0 Å². The van der Waals surface area contributed by atoms with Crippen molar-refractivity contribution in [3.05, 3.63) is 24.4 Å². The molecule has 1 aromatic heterocycles. The topological polar surface area (TPSA) is 39.9 Å². The molecule has 0 aromatic carbocycles. The first-order valence-corrected chi connectivity index (χ1v) is 3.33. The van der Waals surface area contributed by atoms with Gasteiger partial charge in [-0.05, 0) is 12.1 Å². The molecule has 3 nitrogen and oxygen atoms in total. The summed E-state index contributed by atoms with van der Waals surface area (Å²) in [6.45, 7) is 0.372. The van der Waals surface area contributed by atoms with E-state index < -0.39 is 0 Å². The fraction of sp³-hybridized carbons (Fsp3) is 0.250. The summed E-state index contributed by atoms with van der Waals surface area (Å²) in [5.74, 6) is 0.828. The van der Waals surface area contributed by atoms with E-state index in [1.165, 1.54) is 0 Å². The van der Waals surface area contributed by atoms with Gasteiger partial charge in [0, 0.05) is 13.2 Å². The van der Waals surface area contributed by atoms with Gasteiger partial charge in [-0.25, -0.2) is 4.98 Å². The summed E-state index contributed by atoms with van der Waals surface area (Å²) in [7, 11) is 1.84. The molecule has 0 aliphatic heterocycles. The van der Waals surface area contributed by atoms with E-state index in [-0.39, 0.29) is 0 Å². The van der Waals surface area contributed by atoms with E-state index >= 15 is 0 Å². The molecule has 11 heavy (non-hydrogen) atoms. The third kappa shape index (κ3) is 1.94. The van der Waals surface area contributed by atoms with Crippen molar-refractivity contribution >= 4 is 5.82 Å². The minimum Gasteiger partial charge on any atom is -0.346 e. The molecule has 0 spiro atoms. The van der Waals surface area contributed by atoms with Crippen molar-refractivity contribution in [1.82, 2.24) is 4.98 Å². The van der Waals surface area contributed by atoms with Crippen molar-refractivity contribution in [1.29, 1.82) is 5.26 Å². The van der Waals surface area contributed by atoms with Crippen LogP contribution in [-0.2, 0) is 0 Å². The number of anilines is 1. The average molecular weight is 147 g/mol. The Labute approximate surface area is 65.9 Å². The fourth-order valence-electron chi connectivity index (χ4n) is 0.767. The molecule has 0 aliphatic rings. The quantitative estimate of drug-likeness (QED) is 0.587. The molecule has 1 rings (SSSR count). The van der Waals surface area contributed by atoms with Crippen LogP contribution in [0.5, 0.6) is 0 Å². The van der Waals surface area contributed by atoms with Crippen LogP contribution in [0, 0.1) is 11.3 Å². The normalized spacial score (nSPS) is 8.73. The number of rotatable bonds is 2. The van der Waals surface area contributed by atoms with Crippen LogP contribution in [0.15, 0.2) is 24.4 Å². The van der Waals surface area contributed by atoms with Crippen molar-refractivity contribution in [2.45, 2.75) is 0 Å². The number of nitrogens with zero attached hydrogens (tertiary/aromatic N) is 3. The summed E-state index contributed by atoms with van der Waals surface area (Å²) in [6.07, 6.45) is 1.71. The van der Waals surface area contributed by atoms with Gasteiger partial charge in [0.15, 0.2) is 0 Å². The second kappa shape index (κ2) is 3.57. The Morgan fingerprint density at radius 3 is 3.00 bits per heavy atom. The average Bonchev–Trinajstić information content (AvgIpc) is 2.07. The first kappa shape index (κ1) is 7.55. The fourth-order valence-corrected chi connectivity index (χ4v) is 0.767. The van der Waals surface area contributed by atoms with Gasteiger partial charge in [0.05, 0.1) is 6.07 Å². The molecule has 56 valence electrons. The summed E-state index contributed by atoms with van der Waals surface area (Å²) in [6, 6.07) is 7.67. The van der Waals surface area contributed by atoms with E-state index in [0.717, 1.165) is 5.82 Å². The maximum absolute atomic E-state index is 8.38. The predicted molar refractivity (Wildman–Crippen MR) is 43.1 cm³/mol. The van der Waals surface area contributed by atoms with Gasteiger partial charge in [0.2, 0.25) is 0 Å². The zero-order chi connectivity index (χ0) is 8.10. The number of pyridine rings is 1. The molecule has 0 unspecified atom stereocenters. The lowest BCUT2D eigenvalue weighted by Gasteiger charge is -2.12. The van der Waals surface area contributed by atoms with E-state index in [0.29, 0.717) is 6.54 Å². The van der Waals surface area contributed by atoms with Gasteiger partial charge in [0.1, 0.15) is 12.4 Å². The van der Waals surface area contributed by atoms with Crippen LogP contribution >= 0.6 is 0 Å². The summed E-state index contributed by atoms with van der Waals surface area (Å²) in [5, 5.41) is 8.38.